The molecule has 154 valence electrons. The number of carbonyl (C=O) groups excluding carboxylic acids is 1. The van der Waals surface area contributed by atoms with E-state index in [9.17, 15) is 10.1 Å². The van der Waals surface area contributed by atoms with Crippen LogP contribution in [-0.2, 0) is 4.74 Å². The van der Waals surface area contributed by atoms with Gasteiger partial charge in [-0.25, -0.2) is 9.78 Å². The van der Waals surface area contributed by atoms with Crippen molar-refractivity contribution in [3.8, 4) is 23.1 Å². The average molecular weight is 413 g/mol. The molecule has 0 amide bonds. The third kappa shape index (κ3) is 3.79. The molecule has 0 fully saturated rings. The molecule has 0 bridgehead atoms. The molecule has 0 unspecified atom stereocenters. The van der Waals surface area contributed by atoms with Crippen molar-refractivity contribution in [2.75, 3.05) is 14.2 Å². The van der Waals surface area contributed by atoms with Crippen molar-refractivity contribution in [1.82, 2.24) is 9.97 Å². The fourth-order valence-corrected chi connectivity index (χ4v) is 3.35. The molecule has 0 aliphatic rings. The smallest absolute Gasteiger partial charge is 0.338 e. The van der Waals surface area contributed by atoms with Gasteiger partial charge in [-0.1, -0.05) is 12.1 Å². The Kier molecular flexibility index (Phi) is 5.29. The second-order valence-corrected chi connectivity index (χ2v) is 6.81. The number of carbonyl (C=O) groups is 1. The normalized spacial score (nSPS) is 11.4. The van der Waals surface area contributed by atoms with Gasteiger partial charge >= 0.3 is 5.97 Å². The van der Waals surface area contributed by atoms with E-state index >= 15 is 0 Å². The van der Waals surface area contributed by atoms with Crippen molar-refractivity contribution in [1.29, 1.82) is 5.26 Å². The lowest BCUT2D eigenvalue weighted by Crippen LogP contribution is -2.04. The zero-order chi connectivity index (χ0) is 22.0. The number of hydrogen-bond acceptors (Lipinski definition) is 6. The van der Waals surface area contributed by atoms with Gasteiger partial charge in [0.2, 0.25) is 0 Å². The minimum absolute atomic E-state index is 0.330. The Morgan fingerprint density at radius 2 is 2.03 bits per heavy atom. The Labute approximate surface area is 178 Å². The summed E-state index contributed by atoms with van der Waals surface area (Å²) in [6, 6.07) is 16.5. The van der Waals surface area contributed by atoms with Gasteiger partial charge in [0.1, 0.15) is 29.2 Å². The number of ether oxygens (including phenoxy) is 2. The molecule has 7 heteroatoms. The predicted molar refractivity (Wildman–Crippen MR) is 116 cm³/mol. The summed E-state index contributed by atoms with van der Waals surface area (Å²) in [6.07, 6.45) is 1.62. The van der Waals surface area contributed by atoms with Gasteiger partial charge < -0.3 is 18.9 Å². The molecule has 1 N–H and O–H groups in total. The quantitative estimate of drug-likeness (QED) is 0.365. The van der Waals surface area contributed by atoms with Gasteiger partial charge in [-0.2, -0.15) is 5.26 Å². The van der Waals surface area contributed by atoms with Crippen LogP contribution in [0.2, 0.25) is 0 Å². The van der Waals surface area contributed by atoms with Crippen LogP contribution in [0.15, 0.2) is 52.9 Å². The molecule has 2 aromatic carbocycles. The number of allylic oxidation sites excluding steroid dienone is 1. The van der Waals surface area contributed by atoms with Crippen LogP contribution in [0.5, 0.6) is 5.75 Å². The summed E-state index contributed by atoms with van der Waals surface area (Å²) in [7, 11) is 2.94. The second-order valence-electron chi connectivity index (χ2n) is 6.81. The molecule has 31 heavy (non-hydrogen) atoms. The summed E-state index contributed by atoms with van der Waals surface area (Å²) in [5, 5.41) is 9.66. The number of H-pyrrole nitrogens is 1. The number of nitriles is 1. The number of benzene rings is 2. The average Bonchev–Trinajstić information content (AvgIpc) is 3.43. The van der Waals surface area contributed by atoms with Crippen molar-refractivity contribution in [2.24, 2.45) is 0 Å². The van der Waals surface area contributed by atoms with Gasteiger partial charge in [0.15, 0.2) is 0 Å². The minimum atomic E-state index is -0.403. The molecule has 0 aliphatic carbocycles. The highest BCUT2D eigenvalue weighted by Crippen LogP contribution is 2.29. The lowest BCUT2D eigenvalue weighted by molar-refractivity contribution is 0.0600. The van der Waals surface area contributed by atoms with Gasteiger partial charge in [0.05, 0.1) is 36.4 Å². The molecule has 4 aromatic rings. The Balaban J connectivity index is 1.69. The van der Waals surface area contributed by atoms with Crippen LogP contribution >= 0.6 is 0 Å². The molecular weight excluding hydrogens is 394 g/mol. The number of fused-ring (bicyclic) bond motifs is 1. The summed E-state index contributed by atoms with van der Waals surface area (Å²) in [5.74, 6) is 1.81. The number of aromatic amines is 1. The molecule has 0 saturated heterocycles. The standard InChI is InChI=1S/C24H19N3O4/c1-14-18(5-4-6-19(14)24(28)30-3)22-10-8-17(31-22)11-15(13-25)23-26-20-9-7-16(29-2)12-21(20)27-23/h4-12H,1-3H3,(H,26,27)/b15-11-. The van der Waals surface area contributed by atoms with Crippen molar-refractivity contribution in [3.63, 3.8) is 0 Å². The van der Waals surface area contributed by atoms with Crippen molar-refractivity contribution in [2.45, 2.75) is 6.92 Å². The van der Waals surface area contributed by atoms with E-state index in [4.69, 9.17) is 13.9 Å². The molecule has 4 rings (SSSR count). The van der Waals surface area contributed by atoms with Crippen LogP contribution in [0.1, 0.15) is 27.5 Å². The van der Waals surface area contributed by atoms with Crippen LogP contribution in [0.4, 0.5) is 0 Å². The van der Waals surface area contributed by atoms with Crippen LogP contribution in [0.3, 0.4) is 0 Å². The van der Waals surface area contributed by atoms with E-state index < -0.39 is 5.97 Å². The number of esters is 1. The van der Waals surface area contributed by atoms with E-state index in [1.807, 2.05) is 31.2 Å². The second kappa shape index (κ2) is 8.20. The lowest BCUT2D eigenvalue weighted by atomic mass is 10.0. The summed E-state index contributed by atoms with van der Waals surface area (Å²) >= 11 is 0. The molecule has 7 nitrogen and oxygen atoms in total. The van der Waals surface area contributed by atoms with Gasteiger partial charge in [-0.05, 0) is 42.8 Å². The molecule has 2 aromatic heterocycles. The number of furan rings is 1. The van der Waals surface area contributed by atoms with Crippen LogP contribution in [0, 0.1) is 18.3 Å². The number of imidazole rings is 1. The van der Waals surface area contributed by atoms with Crippen molar-refractivity contribution >= 4 is 28.7 Å². The van der Waals surface area contributed by atoms with E-state index in [0.29, 0.717) is 34.2 Å². The molecule has 0 saturated carbocycles. The first-order chi connectivity index (χ1) is 15.0. The summed E-state index contributed by atoms with van der Waals surface area (Å²) < 4.78 is 16.0. The third-order valence-electron chi connectivity index (χ3n) is 4.98. The maximum Gasteiger partial charge on any atom is 0.338 e. The van der Waals surface area contributed by atoms with E-state index in [1.54, 1.807) is 37.5 Å². The number of methoxy groups -OCH3 is 2. The SMILES string of the molecule is COC(=O)c1cccc(-c2ccc(/C=C(/C#N)c3nc4ccc(OC)cc4[nH]3)o2)c1C. The van der Waals surface area contributed by atoms with E-state index in [2.05, 4.69) is 16.0 Å². The van der Waals surface area contributed by atoms with E-state index in [-0.39, 0.29) is 0 Å². The first-order valence-corrected chi connectivity index (χ1v) is 9.48. The maximum absolute atomic E-state index is 12.0. The highest BCUT2D eigenvalue weighted by Gasteiger charge is 2.15. The van der Waals surface area contributed by atoms with E-state index in [1.165, 1.54) is 7.11 Å². The number of hydrogen-bond donors (Lipinski definition) is 1. The largest absolute Gasteiger partial charge is 0.497 e. The number of nitrogens with zero attached hydrogens (tertiary/aromatic N) is 2. The molecule has 0 atom stereocenters. The molecule has 0 aliphatic heterocycles. The van der Waals surface area contributed by atoms with Crippen LogP contribution in [0.25, 0.3) is 34.0 Å². The van der Waals surface area contributed by atoms with Gasteiger partial charge in [0, 0.05) is 17.7 Å². The molecule has 0 radical (unpaired) electrons. The van der Waals surface area contributed by atoms with Crippen molar-refractivity contribution in [3.05, 3.63) is 71.2 Å². The number of nitrogens with one attached hydrogen (secondary N) is 1. The Morgan fingerprint density at radius 3 is 2.77 bits per heavy atom. The highest BCUT2D eigenvalue weighted by atomic mass is 16.5. The van der Waals surface area contributed by atoms with Crippen LogP contribution < -0.4 is 4.74 Å². The topological polar surface area (TPSA) is 101 Å². The van der Waals surface area contributed by atoms with Crippen molar-refractivity contribution < 1.29 is 18.7 Å². The Hall–Kier alpha value is -4.31. The number of rotatable bonds is 5. The fourth-order valence-electron chi connectivity index (χ4n) is 3.35. The van der Waals surface area contributed by atoms with Crippen LogP contribution in [-0.4, -0.2) is 30.2 Å². The van der Waals surface area contributed by atoms with Gasteiger partial charge in [0.25, 0.3) is 0 Å². The fraction of sp³-hybridized carbons (Fsp3) is 0.125. The van der Waals surface area contributed by atoms with E-state index in [0.717, 1.165) is 22.2 Å². The first-order valence-electron chi connectivity index (χ1n) is 9.48. The zero-order valence-corrected chi connectivity index (χ0v) is 17.2. The molecule has 2 heterocycles. The highest BCUT2D eigenvalue weighted by molar-refractivity contribution is 5.93. The zero-order valence-electron chi connectivity index (χ0n) is 17.2. The monoisotopic (exact) mass is 413 g/mol. The molecular formula is C24H19N3O4. The summed E-state index contributed by atoms with van der Waals surface area (Å²) in [5.41, 5.74) is 3.83. The van der Waals surface area contributed by atoms with Gasteiger partial charge in [-0.3, -0.25) is 0 Å². The Bertz CT molecular complexity index is 1350. The lowest BCUT2D eigenvalue weighted by Gasteiger charge is -2.07. The third-order valence-corrected chi connectivity index (χ3v) is 4.98. The van der Waals surface area contributed by atoms with Gasteiger partial charge in [-0.15, -0.1) is 0 Å². The summed E-state index contributed by atoms with van der Waals surface area (Å²) in [4.78, 5) is 19.6. The Morgan fingerprint density at radius 1 is 1.19 bits per heavy atom. The maximum atomic E-state index is 12.0. The molecule has 0 spiro atoms. The number of aromatic nitrogens is 2. The summed E-state index contributed by atoms with van der Waals surface area (Å²) in [6.45, 7) is 1.84. The predicted octanol–water partition coefficient (Wildman–Crippen LogP) is 4.99. The minimum Gasteiger partial charge on any atom is -0.497 e. The first kappa shape index (κ1) is 20.0.